The van der Waals surface area contributed by atoms with E-state index in [0.717, 1.165) is 11.1 Å². The topological polar surface area (TPSA) is 46.6 Å². The minimum Gasteiger partial charge on any atom is -0.446 e. The molecule has 0 radical (unpaired) electrons. The van der Waals surface area contributed by atoms with Gasteiger partial charge in [-0.1, -0.05) is 60.7 Å². The molecular formula is C18H17NO3. The van der Waals surface area contributed by atoms with Crippen LogP contribution in [0.3, 0.4) is 0 Å². The standard InChI is InChI=1S/C18H17NO3/c1-13(14-8-4-2-5-9-14)17(20)19-16(12-22-18(19)21)15-10-6-3-7-11-15/h2-11,13,16H,12H2,1H3/t13-,16-/m0/s1. The predicted octanol–water partition coefficient (Wildman–Crippen LogP) is 3.51. The Morgan fingerprint density at radius 3 is 2.32 bits per heavy atom. The lowest BCUT2D eigenvalue weighted by atomic mass is 9.98. The summed E-state index contributed by atoms with van der Waals surface area (Å²) in [6.45, 7) is 2.02. The zero-order chi connectivity index (χ0) is 15.5. The zero-order valence-corrected chi connectivity index (χ0v) is 12.3. The predicted molar refractivity (Wildman–Crippen MR) is 82.2 cm³/mol. The summed E-state index contributed by atoms with van der Waals surface area (Å²) in [6.07, 6.45) is -0.568. The first-order valence-electron chi connectivity index (χ1n) is 7.28. The fourth-order valence-electron chi connectivity index (χ4n) is 2.68. The molecule has 1 heterocycles. The molecule has 0 aliphatic carbocycles. The molecule has 4 heteroatoms. The van der Waals surface area contributed by atoms with E-state index in [2.05, 4.69) is 0 Å². The van der Waals surface area contributed by atoms with Crippen LogP contribution in [0.4, 0.5) is 4.79 Å². The van der Waals surface area contributed by atoms with Gasteiger partial charge in [-0.3, -0.25) is 4.79 Å². The van der Waals surface area contributed by atoms with Crippen LogP contribution in [0.25, 0.3) is 0 Å². The van der Waals surface area contributed by atoms with Gasteiger partial charge in [-0.2, -0.15) is 0 Å². The Balaban J connectivity index is 1.88. The third-order valence-electron chi connectivity index (χ3n) is 3.96. The molecule has 2 aromatic carbocycles. The van der Waals surface area contributed by atoms with Gasteiger partial charge in [-0.05, 0) is 18.1 Å². The normalized spacial score (nSPS) is 18.9. The van der Waals surface area contributed by atoms with E-state index in [0.29, 0.717) is 0 Å². The number of carbonyl (C=O) groups excluding carboxylic acids is 2. The summed E-state index contributed by atoms with van der Waals surface area (Å²) in [6, 6.07) is 18.6. The van der Waals surface area contributed by atoms with Gasteiger partial charge in [-0.25, -0.2) is 9.69 Å². The highest BCUT2D eigenvalue weighted by Crippen LogP contribution is 2.31. The van der Waals surface area contributed by atoms with Crippen LogP contribution in [0.5, 0.6) is 0 Å². The fourth-order valence-corrected chi connectivity index (χ4v) is 2.68. The number of hydrogen-bond acceptors (Lipinski definition) is 3. The highest BCUT2D eigenvalue weighted by Gasteiger charge is 2.40. The van der Waals surface area contributed by atoms with Crippen molar-refractivity contribution in [2.75, 3.05) is 6.61 Å². The van der Waals surface area contributed by atoms with E-state index in [1.54, 1.807) is 0 Å². The molecule has 112 valence electrons. The van der Waals surface area contributed by atoms with E-state index in [-0.39, 0.29) is 18.6 Å². The van der Waals surface area contributed by atoms with E-state index >= 15 is 0 Å². The number of imide groups is 1. The molecule has 22 heavy (non-hydrogen) atoms. The van der Waals surface area contributed by atoms with Crippen molar-refractivity contribution in [3.8, 4) is 0 Å². The molecule has 1 fully saturated rings. The second-order valence-corrected chi connectivity index (χ2v) is 5.34. The van der Waals surface area contributed by atoms with Crippen LogP contribution >= 0.6 is 0 Å². The fraction of sp³-hybridized carbons (Fsp3) is 0.222. The Bertz CT molecular complexity index is 669. The van der Waals surface area contributed by atoms with Crippen LogP contribution in [-0.4, -0.2) is 23.5 Å². The molecule has 1 aliphatic heterocycles. The van der Waals surface area contributed by atoms with Crippen LogP contribution < -0.4 is 0 Å². The maximum absolute atomic E-state index is 12.8. The molecule has 0 unspecified atom stereocenters. The summed E-state index contributed by atoms with van der Waals surface area (Å²) in [7, 11) is 0. The molecule has 0 N–H and O–H groups in total. The van der Waals surface area contributed by atoms with Crippen molar-refractivity contribution in [1.29, 1.82) is 0 Å². The molecule has 0 spiro atoms. The Kier molecular flexibility index (Phi) is 3.92. The summed E-state index contributed by atoms with van der Waals surface area (Å²) in [5.41, 5.74) is 1.79. The third kappa shape index (κ3) is 2.60. The van der Waals surface area contributed by atoms with Crippen molar-refractivity contribution in [3.63, 3.8) is 0 Å². The van der Waals surface area contributed by atoms with E-state index < -0.39 is 12.0 Å². The molecule has 3 rings (SSSR count). The average molecular weight is 295 g/mol. The molecule has 2 aromatic rings. The number of carbonyl (C=O) groups is 2. The van der Waals surface area contributed by atoms with Crippen molar-refractivity contribution in [1.82, 2.24) is 4.90 Å². The summed E-state index contributed by atoms with van der Waals surface area (Å²) >= 11 is 0. The SMILES string of the molecule is C[C@H](C(=O)N1C(=O)OC[C@H]1c1ccccc1)c1ccccc1. The first-order chi connectivity index (χ1) is 10.7. The molecule has 0 saturated carbocycles. The summed E-state index contributed by atoms with van der Waals surface area (Å²) in [4.78, 5) is 26.0. The molecule has 1 saturated heterocycles. The Labute approximate surface area is 129 Å². The number of benzene rings is 2. The lowest BCUT2D eigenvalue weighted by molar-refractivity contribution is -0.130. The number of cyclic esters (lactones) is 1. The van der Waals surface area contributed by atoms with Crippen LogP contribution in [0.2, 0.25) is 0 Å². The van der Waals surface area contributed by atoms with Gasteiger partial charge in [0.05, 0.1) is 5.92 Å². The molecular weight excluding hydrogens is 278 g/mol. The van der Waals surface area contributed by atoms with Gasteiger partial charge >= 0.3 is 6.09 Å². The molecule has 4 nitrogen and oxygen atoms in total. The number of nitrogens with zero attached hydrogens (tertiary/aromatic N) is 1. The van der Waals surface area contributed by atoms with Gasteiger partial charge in [0.15, 0.2) is 0 Å². The summed E-state index contributed by atoms with van der Waals surface area (Å²) in [5, 5.41) is 0. The van der Waals surface area contributed by atoms with Crippen molar-refractivity contribution in [2.24, 2.45) is 0 Å². The highest BCUT2D eigenvalue weighted by molar-refractivity contribution is 5.97. The van der Waals surface area contributed by atoms with Crippen LogP contribution in [0, 0.1) is 0 Å². The maximum atomic E-state index is 12.8. The monoisotopic (exact) mass is 295 g/mol. The second kappa shape index (κ2) is 6.02. The lowest BCUT2D eigenvalue weighted by Gasteiger charge is -2.23. The Morgan fingerprint density at radius 1 is 1.09 bits per heavy atom. The smallest absolute Gasteiger partial charge is 0.417 e. The number of hydrogen-bond donors (Lipinski definition) is 0. The zero-order valence-electron chi connectivity index (χ0n) is 12.3. The summed E-state index contributed by atoms with van der Waals surface area (Å²) < 4.78 is 5.11. The lowest BCUT2D eigenvalue weighted by Crippen LogP contribution is -2.37. The number of rotatable bonds is 3. The average Bonchev–Trinajstić information content (AvgIpc) is 2.96. The van der Waals surface area contributed by atoms with Crippen molar-refractivity contribution in [2.45, 2.75) is 18.9 Å². The van der Waals surface area contributed by atoms with Crippen LogP contribution in [0.15, 0.2) is 60.7 Å². The van der Waals surface area contributed by atoms with Gasteiger partial charge in [0.2, 0.25) is 5.91 Å². The minimum absolute atomic E-state index is 0.204. The summed E-state index contributed by atoms with van der Waals surface area (Å²) in [5.74, 6) is -0.624. The number of amides is 2. The van der Waals surface area contributed by atoms with E-state index in [4.69, 9.17) is 4.74 Å². The largest absolute Gasteiger partial charge is 0.446 e. The van der Waals surface area contributed by atoms with Gasteiger partial charge in [0.25, 0.3) is 0 Å². The Morgan fingerprint density at radius 2 is 1.68 bits per heavy atom. The van der Waals surface area contributed by atoms with Gasteiger partial charge in [-0.15, -0.1) is 0 Å². The third-order valence-corrected chi connectivity index (χ3v) is 3.96. The van der Waals surface area contributed by atoms with Crippen molar-refractivity contribution >= 4 is 12.0 Å². The second-order valence-electron chi connectivity index (χ2n) is 5.34. The van der Waals surface area contributed by atoms with Gasteiger partial charge < -0.3 is 4.74 Å². The van der Waals surface area contributed by atoms with Crippen LogP contribution in [-0.2, 0) is 9.53 Å². The number of ether oxygens (including phenoxy) is 1. The Hall–Kier alpha value is -2.62. The molecule has 2 atom stereocenters. The van der Waals surface area contributed by atoms with Gasteiger partial charge in [0.1, 0.15) is 12.6 Å². The first kappa shape index (κ1) is 14.3. The van der Waals surface area contributed by atoms with Crippen LogP contribution in [0.1, 0.15) is 30.0 Å². The molecule has 0 aromatic heterocycles. The molecule has 2 amide bonds. The van der Waals surface area contributed by atoms with Gasteiger partial charge in [0, 0.05) is 0 Å². The maximum Gasteiger partial charge on any atom is 0.417 e. The first-order valence-corrected chi connectivity index (χ1v) is 7.28. The van der Waals surface area contributed by atoms with E-state index in [1.165, 1.54) is 4.90 Å². The van der Waals surface area contributed by atoms with E-state index in [1.807, 2.05) is 67.6 Å². The van der Waals surface area contributed by atoms with Crippen molar-refractivity contribution in [3.05, 3.63) is 71.8 Å². The molecule has 0 bridgehead atoms. The highest BCUT2D eigenvalue weighted by atomic mass is 16.6. The minimum atomic E-state index is -0.568. The quantitative estimate of drug-likeness (QED) is 0.870. The molecule has 1 aliphatic rings. The van der Waals surface area contributed by atoms with Crippen molar-refractivity contribution < 1.29 is 14.3 Å². The van der Waals surface area contributed by atoms with E-state index in [9.17, 15) is 9.59 Å².